The van der Waals surface area contributed by atoms with Crippen LogP contribution >= 0.6 is 27.7 Å². The van der Waals surface area contributed by atoms with Crippen molar-refractivity contribution in [2.45, 2.75) is 44.0 Å². The molecular weight excluding hydrogens is 313 g/mol. The first-order valence-electron chi connectivity index (χ1n) is 6.49. The van der Waals surface area contributed by atoms with Crippen LogP contribution in [0.5, 0.6) is 0 Å². The van der Waals surface area contributed by atoms with E-state index in [4.69, 9.17) is 0 Å². The molecular formula is C14H19BrFNS. The minimum atomic E-state index is -0.195. The molecule has 0 spiro atoms. The monoisotopic (exact) mass is 331 g/mol. The zero-order valence-corrected chi connectivity index (χ0v) is 13.0. The van der Waals surface area contributed by atoms with Crippen LogP contribution in [0.25, 0.3) is 0 Å². The van der Waals surface area contributed by atoms with Gasteiger partial charge in [-0.1, -0.05) is 19.4 Å². The van der Waals surface area contributed by atoms with Gasteiger partial charge in [-0.2, -0.15) is 11.8 Å². The topological polar surface area (TPSA) is 12.0 Å². The van der Waals surface area contributed by atoms with E-state index >= 15 is 0 Å². The van der Waals surface area contributed by atoms with E-state index in [2.05, 4.69) is 39.9 Å². The SMILES string of the molecule is CCSC1CCCC1NCc1ccc(F)c(Br)c1. The average Bonchev–Trinajstić information content (AvgIpc) is 2.79. The third-order valence-corrected chi connectivity index (χ3v) is 5.32. The van der Waals surface area contributed by atoms with Gasteiger partial charge in [-0.05, 0) is 52.2 Å². The fraction of sp³-hybridized carbons (Fsp3) is 0.571. The molecule has 1 aliphatic rings. The summed E-state index contributed by atoms with van der Waals surface area (Å²) in [5.41, 5.74) is 1.13. The summed E-state index contributed by atoms with van der Waals surface area (Å²) in [6.07, 6.45) is 3.91. The smallest absolute Gasteiger partial charge is 0.137 e. The van der Waals surface area contributed by atoms with Gasteiger partial charge in [-0.15, -0.1) is 0 Å². The van der Waals surface area contributed by atoms with Crippen LogP contribution in [0.15, 0.2) is 22.7 Å². The van der Waals surface area contributed by atoms with Gasteiger partial charge in [0, 0.05) is 17.8 Å². The molecule has 0 radical (unpaired) electrons. The first-order chi connectivity index (χ1) is 8.70. The summed E-state index contributed by atoms with van der Waals surface area (Å²) in [7, 11) is 0. The highest BCUT2D eigenvalue weighted by Crippen LogP contribution is 2.30. The standard InChI is InChI=1S/C14H19BrFNS/c1-2-18-14-5-3-4-13(14)17-9-10-6-7-12(16)11(15)8-10/h6-8,13-14,17H,2-5,9H2,1H3. The van der Waals surface area contributed by atoms with E-state index in [1.807, 2.05) is 12.1 Å². The molecule has 2 rings (SSSR count). The zero-order valence-electron chi connectivity index (χ0n) is 10.6. The van der Waals surface area contributed by atoms with E-state index < -0.39 is 0 Å². The van der Waals surface area contributed by atoms with E-state index in [1.165, 1.54) is 31.1 Å². The Morgan fingerprint density at radius 1 is 1.44 bits per heavy atom. The second-order valence-corrected chi connectivity index (χ2v) is 7.03. The molecule has 1 saturated carbocycles. The average molecular weight is 332 g/mol. The Morgan fingerprint density at radius 2 is 2.28 bits per heavy atom. The Kier molecular flexibility index (Phi) is 5.52. The van der Waals surface area contributed by atoms with Gasteiger partial charge in [0.15, 0.2) is 0 Å². The van der Waals surface area contributed by atoms with Crippen molar-refractivity contribution in [1.82, 2.24) is 5.32 Å². The van der Waals surface area contributed by atoms with Crippen molar-refractivity contribution in [1.29, 1.82) is 0 Å². The van der Waals surface area contributed by atoms with Gasteiger partial charge in [0.25, 0.3) is 0 Å². The Bertz CT molecular complexity index is 399. The summed E-state index contributed by atoms with van der Waals surface area (Å²) in [4.78, 5) is 0. The third kappa shape index (κ3) is 3.72. The van der Waals surface area contributed by atoms with Gasteiger partial charge in [-0.25, -0.2) is 4.39 Å². The predicted octanol–water partition coefficient (Wildman–Crippen LogP) is 4.35. The Labute approximate surface area is 121 Å². The molecule has 18 heavy (non-hydrogen) atoms. The molecule has 1 aromatic carbocycles. The number of benzene rings is 1. The lowest BCUT2D eigenvalue weighted by Crippen LogP contribution is -2.33. The van der Waals surface area contributed by atoms with Crippen LogP contribution in [0, 0.1) is 5.82 Å². The Hall–Kier alpha value is -0.0600. The lowest BCUT2D eigenvalue weighted by Gasteiger charge is -2.20. The molecule has 1 aromatic rings. The molecule has 1 aliphatic carbocycles. The predicted molar refractivity (Wildman–Crippen MR) is 80.5 cm³/mol. The highest BCUT2D eigenvalue weighted by atomic mass is 79.9. The summed E-state index contributed by atoms with van der Waals surface area (Å²) in [6, 6.07) is 5.84. The van der Waals surface area contributed by atoms with E-state index in [-0.39, 0.29) is 5.82 Å². The fourth-order valence-corrected chi connectivity index (χ4v) is 4.12. The summed E-state index contributed by atoms with van der Waals surface area (Å²) >= 11 is 5.29. The second-order valence-electron chi connectivity index (χ2n) is 4.66. The largest absolute Gasteiger partial charge is 0.309 e. The summed E-state index contributed by atoms with van der Waals surface area (Å²) in [5, 5.41) is 4.36. The maximum absolute atomic E-state index is 13.1. The third-order valence-electron chi connectivity index (χ3n) is 3.39. The van der Waals surface area contributed by atoms with E-state index in [0.29, 0.717) is 10.5 Å². The number of rotatable bonds is 5. The molecule has 0 amide bonds. The number of hydrogen-bond donors (Lipinski definition) is 1. The van der Waals surface area contributed by atoms with Gasteiger partial charge in [0.2, 0.25) is 0 Å². The number of nitrogens with one attached hydrogen (secondary N) is 1. The van der Waals surface area contributed by atoms with Gasteiger partial charge in [0.05, 0.1) is 4.47 Å². The molecule has 0 aromatic heterocycles. The van der Waals surface area contributed by atoms with Crippen molar-refractivity contribution < 1.29 is 4.39 Å². The maximum Gasteiger partial charge on any atom is 0.137 e. The fourth-order valence-electron chi connectivity index (χ4n) is 2.47. The minimum absolute atomic E-state index is 0.195. The van der Waals surface area contributed by atoms with Crippen LogP contribution in [0.3, 0.4) is 0 Å². The van der Waals surface area contributed by atoms with Crippen molar-refractivity contribution in [3.8, 4) is 0 Å². The molecule has 2 unspecified atom stereocenters. The lowest BCUT2D eigenvalue weighted by molar-refractivity contribution is 0.531. The van der Waals surface area contributed by atoms with Crippen molar-refractivity contribution in [2.75, 3.05) is 5.75 Å². The molecule has 1 nitrogen and oxygen atoms in total. The molecule has 0 saturated heterocycles. The quantitative estimate of drug-likeness (QED) is 0.860. The van der Waals surface area contributed by atoms with Crippen LogP contribution in [0.1, 0.15) is 31.7 Å². The Morgan fingerprint density at radius 3 is 3.00 bits per heavy atom. The molecule has 100 valence electrons. The normalized spacial score (nSPS) is 23.5. The van der Waals surface area contributed by atoms with Crippen LogP contribution in [0.4, 0.5) is 4.39 Å². The van der Waals surface area contributed by atoms with E-state index in [0.717, 1.165) is 17.4 Å². The van der Waals surface area contributed by atoms with Crippen LogP contribution in [0.2, 0.25) is 0 Å². The van der Waals surface area contributed by atoms with E-state index in [1.54, 1.807) is 0 Å². The van der Waals surface area contributed by atoms with Gasteiger partial charge in [0.1, 0.15) is 5.82 Å². The molecule has 1 fully saturated rings. The summed E-state index contributed by atoms with van der Waals surface area (Å²) < 4.78 is 13.7. The van der Waals surface area contributed by atoms with Gasteiger partial charge in [-0.3, -0.25) is 0 Å². The molecule has 1 N–H and O–H groups in total. The van der Waals surface area contributed by atoms with Gasteiger partial charge >= 0.3 is 0 Å². The number of thioether (sulfide) groups is 1. The first-order valence-corrected chi connectivity index (χ1v) is 8.33. The Balaban J connectivity index is 1.88. The minimum Gasteiger partial charge on any atom is -0.309 e. The van der Waals surface area contributed by atoms with Crippen LogP contribution in [-0.4, -0.2) is 17.0 Å². The molecule has 0 bridgehead atoms. The van der Waals surface area contributed by atoms with Crippen molar-refractivity contribution >= 4 is 27.7 Å². The van der Waals surface area contributed by atoms with Crippen LogP contribution in [-0.2, 0) is 6.54 Å². The zero-order chi connectivity index (χ0) is 13.0. The molecule has 0 heterocycles. The highest BCUT2D eigenvalue weighted by Gasteiger charge is 2.26. The molecule has 4 heteroatoms. The number of hydrogen-bond acceptors (Lipinski definition) is 2. The van der Waals surface area contributed by atoms with Crippen molar-refractivity contribution in [3.05, 3.63) is 34.1 Å². The summed E-state index contributed by atoms with van der Waals surface area (Å²) in [6.45, 7) is 3.04. The molecule has 0 aliphatic heterocycles. The second kappa shape index (κ2) is 6.92. The van der Waals surface area contributed by atoms with Gasteiger partial charge < -0.3 is 5.32 Å². The highest BCUT2D eigenvalue weighted by molar-refractivity contribution is 9.10. The maximum atomic E-state index is 13.1. The lowest BCUT2D eigenvalue weighted by atomic mass is 10.2. The number of halogens is 2. The van der Waals surface area contributed by atoms with Crippen molar-refractivity contribution in [2.24, 2.45) is 0 Å². The van der Waals surface area contributed by atoms with Crippen LogP contribution < -0.4 is 5.32 Å². The summed E-state index contributed by atoms with van der Waals surface area (Å²) in [5.74, 6) is 0.990. The first kappa shape index (κ1) is 14.4. The van der Waals surface area contributed by atoms with Crippen molar-refractivity contribution in [3.63, 3.8) is 0 Å². The molecule has 2 atom stereocenters. The van der Waals surface area contributed by atoms with E-state index in [9.17, 15) is 4.39 Å².